The molecule has 0 spiro atoms. The van der Waals surface area contributed by atoms with Crippen molar-refractivity contribution in [1.82, 2.24) is 4.31 Å². The van der Waals surface area contributed by atoms with Gasteiger partial charge in [0.2, 0.25) is 16.8 Å². The second-order valence-corrected chi connectivity index (χ2v) is 7.56. The summed E-state index contributed by atoms with van der Waals surface area (Å²) in [7, 11) is -3.50. The van der Waals surface area contributed by atoms with E-state index in [0.717, 1.165) is 6.42 Å². The molecule has 2 heterocycles. The molecule has 0 aliphatic carbocycles. The first-order valence-corrected chi connectivity index (χ1v) is 7.99. The van der Waals surface area contributed by atoms with E-state index in [1.54, 1.807) is 12.1 Å². The molecule has 0 saturated carbocycles. The standard InChI is InChI=1S/C13H18N2O4S/c1-13(7-14)4-5-15(8-13)20(16,17)10-2-3-11-12(6-10)19-9-18-11/h2-3,6H,4-5,7-9,14H2,1H3. The molecule has 1 saturated heterocycles. The molecular formula is C13H18N2O4S. The van der Waals surface area contributed by atoms with Gasteiger partial charge >= 0.3 is 0 Å². The molecule has 2 N–H and O–H groups in total. The van der Waals surface area contributed by atoms with Gasteiger partial charge in [-0.05, 0) is 30.5 Å². The molecule has 0 amide bonds. The Morgan fingerprint density at radius 1 is 1.35 bits per heavy atom. The molecule has 110 valence electrons. The van der Waals surface area contributed by atoms with Crippen molar-refractivity contribution < 1.29 is 17.9 Å². The van der Waals surface area contributed by atoms with Gasteiger partial charge in [-0.3, -0.25) is 0 Å². The SMILES string of the molecule is CC1(CN)CCN(S(=O)(=O)c2ccc3c(c2)OCO3)C1. The lowest BCUT2D eigenvalue weighted by Crippen LogP contribution is -2.34. The topological polar surface area (TPSA) is 81.9 Å². The van der Waals surface area contributed by atoms with Gasteiger partial charge in [0, 0.05) is 19.2 Å². The number of nitrogens with two attached hydrogens (primary N) is 1. The summed E-state index contributed by atoms with van der Waals surface area (Å²) in [6.45, 7) is 3.60. The second-order valence-electron chi connectivity index (χ2n) is 5.62. The Bertz CT molecular complexity index is 631. The van der Waals surface area contributed by atoms with Gasteiger partial charge in [0.05, 0.1) is 4.90 Å². The van der Waals surface area contributed by atoms with Gasteiger partial charge in [0.25, 0.3) is 0 Å². The molecule has 0 bridgehead atoms. The first-order chi connectivity index (χ1) is 9.44. The van der Waals surface area contributed by atoms with Crippen molar-refractivity contribution >= 4 is 10.0 Å². The van der Waals surface area contributed by atoms with E-state index in [1.807, 2.05) is 6.92 Å². The maximum atomic E-state index is 12.6. The fourth-order valence-electron chi connectivity index (χ4n) is 2.54. The summed E-state index contributed by atoms with van der Waals surface area (Å²) in [5.74, 6) is 1.06. The number of rotatable bonds is 3. The lowest BCUT2D eigenvalue weighted by atomic mass is 9.90. The number of hydrogen-bond donors (Lipinski definition) is 1. The van der Waals surface area contributed by atoms with E-state index >= 15 is 0 Å². The average Bonchev–Trinajstić information content (AvgIpc) is 3.05. The van der Waals surface area contributed by atoms with E-state index in [9.17, 15) is 8.42 Å². The van der Waals surface area contributed by atoms with E-state index < -0.39 is 10.0 Å². The number of fused-ring (bicyclic) bond motifs is 1. The van der Waals surface area contributed by atoms with Crippen LogP contribution >= 0.6 is 0 Å². The number of benzene rings is 1. The largest absolute Gasteiger partial charge is 0.454 e. The zero-order chi connectivity index (χ0) is 14.4. The van der Waals surface area contributed by atoms with Crippen molar-refractivity contribution in [2.75, 3.05) is 26.4 Å². The van der Waals surface area contributed by atoms with E-state index in [2.05, 4.69) is 0 Å². The van der Waals surface area contributed by atoms with Crippen LogP contribution in [0.1, 0.15) is 13.3 Å². The molecule has 1 unspecified atom stereocenters. The lowest BCUT2D eigenvalue weighted by molar-refractivity contribution is 0.174. The van der Waals surface area contributed by atoms with Crippen LogP contribution in [0.4, 0.5) is 0 Å². The highest BCUT2D eigenvalue weighted by atomic mass is 32.2. The van der Waals surface area contributed by atoms with Crippen molar-refractivity contribution in [2.24, 2.45) is 11.1 Å². The average molecular weight is 298 g/mol. The molecule has 1 aromatic rings. The summed E-state index contributed by atoms with van der Waals surface area (Å²) >= 11 is 0. The number of nitrogens with zero attached hydrogens (tertiary/aromatic N) is 1. The van der Waals surface area contributed by atoms with Crippen molar-refractivity contribution in [3.05, 3.63) is 18.2 Å². The van der Waals surface area contributed by atoms with Gasteiger partial charge in [-0.25, -0.2) is 8.42 Å². The predicted molar refractivity (Wildman–Crippen MR) is 73.1 cm³/mol. The predicted octanol–water partition coefficient (Wildman–Crippen LogP) is 0.775. The van der Waals surface area contributed by atoms with Crippen LogP contribution in [-0.2, 0) is 10.0 Å². The number of sulfonamides is 1. The molecule has 2 aliphatic heterocycles. The minimum Gasteiger partial charge on any atom is -0.454 e. The third kappa shape index (κ3) is 2.15. The van der Waals surface area contributed by atoms with E-state index in [4.69, 9.17) is 15.2 Å². The Labute approximate surface area is 118 Å². The Balaban J connectivity index is 1.89. The summed E-state index contributed by atoms with van der Waals surface area (Å²) in [5.41, 5.74) is 5.59. The van der Waals surface area contributed by atoms with Crippen LogP contribution < -0.4 is 15.2 Å². The quantitative estimate of drug-likeness (QED) is 0.891. The van der Waals surface area contributed by atoms with Gasteiger partial charge in [-0.15, -0.1) is 0 Å². The van der Waals surface area contributed by atoms with Crippen molar-refractivity contribution in [1.29, 1.82) is 0 Å². The summed E-state index contributed by atoms with van der Waals surface area (Å²) in [6, 6.07) is 4.71. The fraction of sp³-hybridized carbons (Fsp3) is 0.538. The van der Waals surface area contributed by atoms with Crippen LogP contribution in [0.15, 0.2) is 23.1 Å². The fourth-order valence-corrected chi connectivity index (χ4v) is 4.14. The molecule has 0 radical (unpaired) electrons. The highest BCUT2D eigenvalue weighted by molar-refractivity contribution is 7.89. The lowest BCUT2D eigenvalue weighted by Gasteiger charge is -2.22. The van der Waals surface area contributed by atoms with E-state index in [-0.39, 0.29) is 17.1 Å². The Morgan fingerprint density at radius 3 is 2.80 bits per heavy atom. The molecule has 0 aromatic heterocycles. The first kappa shape index (κ1) is 13.7. The Morgan fingerprint density at radius 2 is 2.10 bits per heavy atom. The van der Waals surface area contributed by atoms with Crippen molar-refractivity contribution in [3.8, 4) is 11.5 Å². The normalized spacial score (nSPS) is 26.1. The van der Waals surface area contributed by atoms with Gasteiger partial charge in [-0.2, -0.15) is 4.31 Å². The molecule has 1 fully saturated rings. The van der Waals surface area contributed by atoms with Crippen molar-refractivity contribution in [3.63, 3.8) is 0 Å². The van der Waals surface area contributed by atoms with Gasteiger partial charge in [0.1, 0.15) is 0 Å². The molecule has 1 atom stereocenters. The minimum atomic E-state index is -3.50. The highest BCUT2D eigenvalue weighted by Gasteiger charge is 2.39. The molecule has 7 heteroatoms. The summed E-state index contributed by atoms with van der Waals surface area (Å²) in [6.07, 6.45) is 0.785. The molecular weight excluding hydrogens is 280 g/mol. The Hall–Kier alpha value is -1.31. The van der Waals surface area contributed by atoms with Crippen LogP contribution in [-0.4, -0.2) is 39.2 Å². The molecule has 20 heavy (non-hydrogen) atoms. The molecule has 6 nitrogen and oxygen atoms in total. The van der Waals surface area contributed by atoms with Gasteiger partial charge in [-0.1, -0.05) is 6.92 Å². The molecule has 3 rings (SSSR count). The molecule has 1 aromatic carbocycles. The maximum Gasteiger partial charge on any atom is 0.243 e. The van der Waals surface area contributed by atoms with Crippen molar-refractivity contribution in [2.45, 2.75) is 18.2 Å². The summed E-state index contributed by atoms with van der Waals surface area (Å²) in [4.78, 5) is 0.239. The zero-order valence-corrected chi connectivity index (χ0v) is 12.1. The van der Waals surface area contributed by atoms with Crippen LogP contribution in [0.5, 0.6) is 11.5 Å². The summed E-state index contributed by atoms with van der Waals surface area (Å²) in [5, 5.41) is 0. The third-order valence-corrected chi connectivity index (χ3v) is 5.84. The maximum absolute atomic E-state index is 12.6. The van der Waals surface area contributed by atoms with Gasteiger partial charge in [0.15, 0.2) is 11.5 Å². The third-order valence-electron chi connectivity index (χ3n) is 4.00. The van der Waals surface area contributed by atoms with E-state index in [1.165, 1.54) is 10.4 Å². The first-order valence-electron chi connectivity index (χ1n) is 6.55. The van der Waals surface area contributed by atoms with Crippen LogP contribution in [0.25, 0.3) is 0 Å². The molecule has 2 aliphatic rings. The van der Waals surface area contributed by atoms with Crippen LogP contribution in [0, 0.1) is 5.41 Å². The smallest absolute Gasteiger partial charge is 0.243 e. The number of ether oxygens (including phenoxy) is 2. The summed E-state index contributed by atoms with van der Waals surface area (Å²) < 4.78 is 37.2. The zero-order valence-electron chi connectivity index (χ0n) is 11.3. The van der Waals surface area contributed by atoms with Crippen LogP contribution in [0.2, 0.25) is 0 Å². The van der Waals surface area contributed by atoms with Crippen LogP contribution in [0.3, 0.4) is 0 Å². The monoisotopic (exact) mass is 298 g/mol. The number of hydrogen-bond acceptors (Lipinski definition) is 5. The highest BCUT2D eigenvalue weighted by Crippen LogP contribution is 2.37. The second kappa shape index (κ2) is 4.61. The van der Waals surface area contributed by atoms with E-state index in [0.29, 0.717) is 31.1 Å². The Kier molecular flexibility index (Phi) is 3.15. The van der Waals surface area contributed by atoms with Gasteiger partial charge < -0.3 is 15.2 Å². The minimum absolute atomic E-state index is 0.133.